The van der Waals surface area contributed by atoms with Gasteiger partial charge in [-0.05, 0) is 18.4 Å². The second-order valence-electron chi connectivity index (χ2n) is 5.99. The molecule has 27 heavy (non-hydrogen) atoms. The van der Waals surface area contributed by atoms with Crippen molar-refractivity contribution in [3.8, 4) is 5.75 Å². The van der Waals surface area contributed by atoms with Gasteiger partial charge in [-0.25, -0.2) is 9.48 Å². The Kier molecular flexibility index (Phi) is 5.65. The summed E-state index contributed by atoms with van der Waals surface area (Å²) in [7, 11) is 1.27. The molecule has 0 bridgehead atoms. The van der Waals surface area contributed by atoms with Gasteiger partial charge < -0.3 is 14.8 Å². The molecular weight excluding hydrogens is 348 g/mol. The lowest BCUT2D eigenvalue weighted by Gasteiger charge is -2.11. The molecule has 0 saturated carbocycles. The number of nitrogens with one attached hydrogen (secondary N) is 1. The van der Waals surface area contributed by atoms with Gasteiger partial charge in [0.25, 0.3) is 0 Å². The monoisotopic (exact) mass is 368 g/mol. The molecule has 140 valence electrons. The third-order valence-electron chi connectivity index (χ3n) is 3.95. The number of carbonyl (C=O) groups excluding carboxylic acids is 2. The first-order valence-corrected chi connectivity index (χ1v) is 8.43. The van der Waals surface area contributed by atoms with Crippen LogP contribution in [0.4, 0.5) is 0 Å². The van der Waals surface area contributed by atoms with Gasteiger partial charge in [0, 0.05) is 5.39 Å². The smallest absolute Gasteiger partial charge is 0.328 e. The van der Waals surface area contributed by atoms with Gasteiger partial charge in [0.05, 0.1) is 13.3 Å². The zero-order valence-electron chi connectivity index (χ0n) is 15.1. The molecule has 1 N–H and O–H groups in total. The maximum absolute atomic E-state index is 11.9. The number of carbonyl (C=O) groups is 2. The highest BCUT2D eigenvalue weighted by Gasteiger charge is 2.16. The summed E-state index contributed by atoms with van der Waals surface area (Å²) < 4.78 is 11.8. The molecule has 0 aliphatic rings. The second-order valence-corrected chi connectivity index (χ2v) is 5.99. The molecule has 0 fully saturated rings. The third kappa shape index (κ3) is 4.60. The van der Waals surface area contributed by atoms with E-state index in [0.717, 1.165) is 16.5 Å². The average Bonchev–Trinajstić information content (AvgIpc) is 3.12. The zero-order chi connectivity index (χ0) is 19.2. The van der Waals surface area contributed by atoms with Gasteiger partial charge in [-0.2, -0.15) is 0 Å². The number of hydrogen-bond donors (Lipinski definition) is 1. The first-order valence-electron chi connectivity index (χ1n) is 8.43. The van der Waals surface area contributed by atoms with E-state index in [9.17, 15) is 9.59 Å². The first-order chi connectivity index (χ1) is 13.1. The van der Waals surface area contributed by atoms with Crippen molar-refractivity contribution in [2.75, 3.05) is 7.11 Å². The van der Waals surface area contributed by atoms with E-state index in [1.807, 2.05) is 42.5 Å². The summed E-state index contributed by atoms with van der Waals surface area (Å²) in [5.74, 6) is -0.113. The maximum atomic E-state index is 11.9. The number of methoxy groups -OCH3 is 1. The predicted molar refractivity (Wildman–Crippen MR) is 97.9 cm³/mol. The van der Waals surface area contributed by atoms with Gasteiger partial charge in [-0.15, -0.1) is 5.10 Å². The minimum absolute atomic E-state index is 0.0530. The van der Waals surface area contributed by atoms with Crippen LogP contribution < -0.4 is 10.1 Å². The lowest BCUT2D eigenvalue weighted by molar-refractivity contribution is -0.144. The number of nitrogens with zero attached hydrogens (tertiary/aromatic N) is 3. The van der Waals surface area contributed by atoms with Crippen LogP contribution in [0.1, 0.15) is 12.6 Å². The molecule has 0 aliphatic heterocycles. The van der Waals surface area contributed by atoms with Crippen LogP contribution in [0.25, 0.3) is 10.8 Å². The number of hydrogen-bond acceptors (Lipinski definition) is 6. The van der Waals surface area contributed by atoms with E-state index < -0.39 is 12.0 Å². The summed E-state index contributed by atoms with van der Waals surface area (Å²) in [5.41, 5.74) is 0.594. The Morgan fingerprint density at radius 2 is 1.96 bits per heavy atom. The minimum Gasteiger partial charge on any atom is -0.487 e. The van der Waals surface area contributed by atoms with Gasteiger partial charge in [0.2, 0.25) is 5.91 Å². The van der Waals surface area contributed by atoms with E-state index in [-0.39, 0.29) is 19.1 Å². The van der Waals surface area contributed by atoms with Gasteiger partial charge >= 0.3 is 5.97 Å². The van der Waals surface area contributed by atoms with Gasteiger partial charge in [-0.1, -0.05) is 41.6 Å². The summed E-state index contributed by atoms with van der Waals surface area (Å²) in [6, 6.07) is 13.1. The summed E-state index contributed by atoms with van der Waals surface area (Å²) in [5, 5.41) is 12.6. The van der Waals surface area contributed by atoms with E-state index in [0.29, 0.717) is 5.69 Å². The van der Waals surface area contributed by atoms with Gasteiger partial charge in [0.15, 0.2) is 0 Å². The molecule has 1 aromatic heterocycles. The molecule has 0 unspecified atom stereocenters. The van der Waals surface area contributed by atoms with Crippen LogP contribution in [-0.4, -0.2) is 40.0 Å². The van der Waals surface area contributed by atoms with Crippen molar-refractivity contribution in [1.82, 2.24) is 20.3 Å². The number of esters is 1. The summed E-state index contributed by atoms with van der Waals surface area (Å²) in [6.07, 6.45) is 1.63. The highest BCUT2D eigenvalue weighted by atomic mass is 16.5. The fourth-order valence-corrected chi connectivity index (χ4v) is 2.63. The molecule has 3 rings (SSSR count). The quantitative estimate of drug-likeness (QED) is 0.638. The molecule has 0 radical (unpaired) electrons. The van der Waals surface area contributed by atoms with E-state index in [4.69, 9.17) is 4.74 Å². The summed E-state index contributed by atoms with van der Waals surface area (Å²) in [6.45, 7) is 1.73. The lowest BCUT2D eigenvalue weighted by atomic mass is 10.1. The third-order valence-corrected chi connectivity index (χ3v) is 3.95. The number of rotatable bonds is 7. The average molecular weight is 368 g/mol. The molecule has 0 spiro atoms. The first kappa shape index (κ1) is 18.4. The molecule has 2 aromatic carbocycles. The number of benzene rings is 2. The SMILES string of the molecule is COC(=O)[C@H](C)NC(=O)Cn1cc(COc2cccc3ccccc23)nn1. The van der Waals surface area contributed by atoms with Gasteiger partial charge in [-0.3, -0.25) is 4.79 Å². The van der Waals surface area contributed by atoms with Crippen molar-refractivity contribution in [3.05, 3.63) is 54.4 Å². The Morgan fingerprint density at radius 1 is 1.19 bits per heavy atom. The highest BCUT2D eigenvalue weighted by molar-refractivity contribution is 5.88. The Balaban J connectivity index is 1.58. The number of fused-ring (bicyclic) bond motifs is 1. The molecule has 8 heteroatoms. The molecule has 1 heterocycles. The number of aromatic nitrogens is 3. The van der Waals surface area contributed by atoms with Crippen LogP contribution in [0.15, 0.2) is 48.7 Å². The van der Waals surface area contributed by atoms with E-state index >= 15 is 0 Å². The Bertz CT molecular complexity index is 948. The Labute approximate surface area is 156 Å². The lowest BCUT2D eigenvalue weighted by Crippen LogP contribution is -2.40. The van der Waals surface area contributed by atoms with Crippen molar-refractivity contribution in [3.63, 3.8) is 0 Å². The van der Waals surface area contributed by atoms with Crippen LogP contribution in [0.5, 0.6) is 5.75 Å². The fraction of sp³-hybridized carbons (Fsp3) is 0.263. The second kappa shape index (κ2) is 8.31. The Morgan fingerprint density at radius 3 is 2.78 bits per heavy atom. The normalized spacial score (nSPS) is 11.8. The largest absolute Gasteiger partial charge is 0.487 e. The molecule has 8 nitrogen and oxygen atoms in total. The number of ether oxygens (including phenoxy) is 2. The van der Waals surface area contributed by atoms with Crippen molar-refractivity contribution in [2.45, 2.75) is 26.1 Å². The predicted octanol–water partition coefficient (Wildman–Crippen LogP) is 1.69. The Hall–Kier alpha value is -3.42. The minimum atomic E-state index is -0.722. The molecule has 3 aromatic rings. The standard InChI is InChI=1S/C19H20N4O4/c1-13(19(25)26-2)20-18(24)11-23-10-15(21-22-23)12-27-17-9-5-7-14-6-3-4-8-16(14)17/h3-10,13H,11-12H2,1-2H3,(H,20,24)/t13-/m0/s1. The molecular formula is C19H20N4O4. The zero-order valence-corrected chi connectivity index (χ0v) is 15.1. The maximum Gasteiger partial charge on any atom is 0.328 e. The van der Waals surface area contributed by atoms with Crippen molar-refractivity contribution in [2.24, 2.45) is 0 Å². The van der Waals surface area contributed by atoms with Crippen molar-refractivity contribution >= 4 is 22.6 Å². The van der Waals surface area contributed by atoms with Crippen molar-refractivity contribution < 1.29 is 19.1 Å². The number of amides is 1. The summed E-state index contributed by atoms with van der Waals surface area (Å²) in [4.78, 5) is 23.3. The van der Waals surface area contributed by atoms with Gasteiger partial charge in [0.1, 0.15) is 30.6 Å². The molecule has 1 atom stereocenters. The topological polar surface area (TPSA) is 95.3 Å². The molecule has 0 saturated heterocycles. The summed E-state index contributed by atoms with van der Waals surface area (Å²) >= 11 is 0. The molecule has 1 amide bonds. The van der Waals surface area contributed by atoms with Crippen LogP contribution in [-0.2, 0) is 27.5 Å². The van der Waals surface area contributed by atoms with E-state index in [1.54, 1.807) is 13.1 Å². The van der Waals surface area contributed by atoms with Crippen molar-refractivity contribution in [1.29, 1.82) is 0 Å². The van der Waals surface area contributed by atoms with Crippen LogP contribution in [0, 0.1) is 0 Å². The highest BCUT2D eigenvalue weighted by Crippen LogP contribution is 2.25. The van der Waals surface area contributed by atoms with E-state index in [2.05, 4.69) is 20.4 Å². The van der Waals surface area contributed by atoms with Crippen LogP contribution >= 0.6 is 0 Å². The van der Waals surface area contributed by atoms with Crippen LogP contribution in [0.3, 0.4) is 0 Å². The van der Waals surface area contributed by atoms with E-state index in [1.165, 1.54) is 11.8 Å². The fourth-order valence-electron chi connectivity index (χ4n) is 2.63. The van der Waals surface area contributed by atoms with Crippen LogP contribution in [0.2, 0.25) is 0 Å². The molecule has 0 aliphatic carbocycles.